The Morgan fingerprint density at radius 2 is 2.11 bits per heavy atom. The Balaban J connectivity index is 1.91. The van der Waals surface area contributed by atoms with E-state index in [1.54, 1.807) is 7.11 Å². The number of benzene rings is 1. The molecule has 100 valence electrons. The van der Waals surface area contributed by atoms with Crippen LogP contribution in [0.1, 0.15) is 24.8 Å². The van der Waals surface area contributed by atoms with Crippen molar-refractivity contribution >= 4 is 5.69 Å². The fourth-order valence-corrected chi connectivity index (χ4v) is 2.14. The van der Waals surface area contributed by atoms with E-state index in [1.165, 1.54) is 24.1 Å². The Morgan fingerprint density at radius 3 is 2.83 bits per heavy atom. The molecule has 3 heteroatoms. The standard InChI is InChI=1S/C15H24N2O/c1-17(10-5-11-18-2)15-7-4-3-6-13(15)12-16-14-8-9-14/h3-4,6-7,14,16H,5,8-12H2,1-2H3. The summed E-state index contributed by atoms with van der Waals surface area (Å²) >= 11 is 0. The van der Waals surface area contributed by atoms with Crippen LogP contribution < -0.4 is 10.2 Å². The van der Waals surface area contributed by atoms with E-state index >= 15 is 0 Å². The second-order valence-corrected chi connectivity index (χ2v) is 5.05. The van der Waals surface area contributed by atoms with Gasteiger partial charge in [-0.05, 0) is 30.9 Å². The van der Waals surface area contributed by atoms with E-state index in [0.717, 1.165) is 32.2 Å². The Labute approximate surface area is 110 Å². The molecule has 1 saturated carbocycles. The van der Waals surface area contributed by atoms with Crippen molar-refractivity contribution in [3.05, 3.63) is 29.8 Å². The Morgan fingerprint density at radius 1 is 1.33 bits per heavy atom. The van der Waals surface area contributed by atoms with Crippen LogP contribution in [0.25, 0.3) is 0 Å². The van der Waals surface area contributed by atoms with E-state index in [-0.39, 0.29) is 0 Å². The number of rotatable bonds is 8. The van der Waals surface area contributed by atoms with Gasteiger partial charge < -0.3 is 15.0 Å². The number of nitrogens with zero attached hydrogens (tertiary/aromatic N) is 1. The normalized spacial score (nSPS) is 14.8. The molecule has 0 atom stereocenters. The third-order valence-electron chi connectivity index (χ3n) is 3.40. The maximum Gasteiger partial charge on any atom is 0.0479 e. The highest BCUT2D eigenvalue weighted by Crippen LogP contribution is 2.23. The lowest BCUT2D eigenvalue weighted by Crippen LogP contribution is -2.23. The minimum Gasteiger partial charge on any atom is -0.385 e. The first kappa shape index (κ1) is 13.4. The number of ether oxygens (including phenoxy) is 1. The van der Waals surface area contributed by atoms with Crippen molar-refractivity contribution in [2.45, 2.75) is 31.8 Å². The molecule has 0 bridgehead atoms. The quantitative estimate of drug-likeness (QED) is 0.715. The summed E-state index contributed by atoms with van der Waals surface area (Å²) in [5, 5.41) is 3.58. The van der Waals surface area contributed by atoms with Gasteiger partial charge >= 0.3 is 0 Å². The van der Waals surface area contributed by atoms with Crippen molar-refractivity contribution < 1.29 is 4.74 Å². The molecule has 1 aromatic carbocycles. The molecule has 0 unspecified atom stereocenters. The molecule has 2 rings (SSSR count). The molecule has 0 radical (unpaired) electrons. The Hall–Kier alpha value is -1.06. The van der Waals surface area contributed by atoms with Crippen LogP contribution in [0.15, 0.2) is 24.3 Å². The summed E-state index contributed by atoms with van der Waals surface area (Å²) in [6.45, 7) is 2.84. The maximum absolute atomic E-state index is 5.11. The molecule has 1 aliphatic rings. The second-order valence-electron chi connectivity index (χ2n) is 5.05. The van der Waals surface area contributed by atoms with Gasteiger partial charge in [-0.15, -0.1) is 0 Å². The summed E-state index contributed by atoms with van der Waals surface area (Å²) in [5.41, 5.74) is 2.73. The maximum atomic E-state index is 5.11. The molecule has 3 nitrogen and oxygen atoms in total. The summed E-state index contributed by atoms with van der Waals surface area (Å²) in [6, 6.07) is 9.42. The molecule has 0 aromatic heterocycles. The topological polar surface area (TPSA) is 24.5 Å². The number of methoxy groups -OCH3 is 1. The molecule has 1 aromatic rings. The summed E-state index contributed by atoms with van der Waals surface area (Å²) in [7, 11) is 3.92. The van der Waals surface area contributed by atoms with E-state index in [4.69, 9.17) is 4.74 Å². The number of hydrogen-bond donors (Lipinski definition) is 1. The summed E-state index contributed by atoms with van der Waals surface area (Å²) in [5.74, 6) is 0. The highest BCUT2D eigenvalue weighted by Gasteiger charge is 2.20. The average molecular weight is 248 g/mol. The fourth-order valence-electron chi connectivity index (χ4n) is 2.14. The second kappa shape index (κ2) is 6.76. The lowest BCUT2D eigenvalue weighted by molar-refractivity contribution is 0.196. The molecular formula is C15H24N2O. The van der Waals surface area contributed by atoms with E-state index in [2.05, 4.69) is 41.5 Å². The van der Waals surface area contributed by atoms with E-state index < -0.39 is 0 Å². The number of nitrogens with one attached hydrogen (secondary N) is 1. The third-order valence-corrected chi connectivity index (χ3v) is 3.40. The first-order valence-electron chi connectivity index (χ1n) is 6.82. The van der Waals surface area contributed by atoms with Gasteiger partial charge in [0, 0.05) is 45.6 Å². The molecule has 18 heavy (non-hydrogen) atoms. The molecule has 1 fully saturated rings. The summed E-state index contributed by atoms with van der Waals surface area (Å²) in [6.07, 6.45) is 3.75. The van der Waals surface area contributed by atoms with Crippen LogP contribution in [-0.2, 0) is 11.3 Å². The zero-order valence-electron chi connectivity index (χ0n) is 11.5. The van der Waals surface area contributed by atoms with Crippen LogP contribution in [0.5, 0.6) is 0 Å². The number of hydrogen-bond acceptors (Lipinski definition) is 3. The molecule has 0 heterocycles. The fraction of sp³-hybridized carbons (Fsp3) is 0.600. The first-order valence-corrected chi connectivity index (χ1v) is 6.82. The van der Waals surface area contributed by atoms with Crippen LogP contribution in [0.3, 0.4) is 0 Å². The van der Waals surface area contributed by atoms with Gasteiger partial charge in [-0.3, -0.25) is 0 Å². The number of para-hydroxylation sites is 1. The van der Waals surface area contributed by atoms with Crippen molar-refractivity contribution in [1.29, 1.82) is 0 Å². The first-order chi connectivity index (χ1) is 8.81. The van der Waals surface area contributed by atoms with Crippen molar-refractivity contribution in [3.8, 4) is 0 Å². The summed E-state index contributed by atoms with van der Waals surface area (Å²) < 4.78 is 5.11. The van der Waals surface area contributed by atoms with E-state index in [9.17, 15) is 0 Å². The van der Waals surface area contributed by atoms with Gasteiger partial charge in [-0.25, -0.2) is 0 Å². The van der Waals surface area contributed by atoms with Gasteiger partial charge in [0.25, 0.3) is 0 Å². The third kappa shape index (κ3) is 4.00. The van der Waals surface area contributed by atoms with Crippen LogP contribution in [0.4, 0.5) is 5.69 Å². The van der Waals surface area contributed by atoms with Crippen molar-refractivity contribution in [1.82, 2.24) is 5.32 Å². The lowest BCUT2D eigenvalue weighted by atomic mass is 10.1. The smallest absolute Gasteiger partial charge is 0.0479 e. The van der Waals surface area contributed by atoms with Crippen LogP contribution in [0, 0.1) is 0 Å². The monoisotopic (exact) mass is 248 g/mol. The molecule has 1 N–H and O–H groups in total. The van der Waals surface area contributed by atoms with Crippen LogP contribution >= 0.6 is 0 Å². The molecule has 0 spiro atoms. The van der Waals surface area contributed by atoms with E-state index in [0.29, 0.717) is 0 Å². The zero-order valence-corrected chi connectivity index (χ0v) is 11.5. The van der Waals surface area contributed by atoms with E-state index in [1.807, 2.05) is 0 Å². The largest absolute Gasteiger partial charge is 0.385 e. The molecule has 0 aliphatic heterocycles. The highest BCUT2D eigenvalue weighted by atomic mass is 16.5. The molecule has 0 saturated heterocycles. The predicted octanol–water partition coefficient (Wildman–Crippen LogP) is 2.41. The molecule has 1 aliphatic carbocycles. The van der Waals surface area contributed by atoms with Gasteiger partial charge in [0.15, 0.2) is 0 Å². The zero-order chi connectivity index (χ0) is 12.8. The van der Waals surface area contributed by atoms with Gasteiger partial charge in [-0.2, -0.15) is 0 Å². The lowest BCUT2D eigenvalue weighted by Gasteiger charge is -2.22. The van der Waals surface area contributed by atoms with Gasteiger partial charge in [0.05, 0.1) is 0 Å². The van der Waals surface area contributed by atoms with Crippen molar-refractivity contribution in [3.63, 3.8) is 0 Å². The van der Waals surface area contributed by atoms with Gasteiger partial charge in [-0.1, -0.05) is 18.2 Å². The number of anilines is 1. The summed E-state index contributed by atoms with van der Waals surface area (Å²) in [4.78, 5) is 2.32. The Bertz CT molecular complexity index is 363. The molecular weight excluding hydrogens is 224 g/mol. The van der Waals surface area contributed by atoms with Gasteiger partial charge in [0.1, 0.15) is 0 Å². The Kier molecular flexibility index (Phi) is 5.02. The van der Waals surface area contributed by atoms with Gasteiger partial charge in [0.2, 0.25) is 0 Å². The van der Waals surface area contributed by atoms with Crippen molar-refractivity contribution in [2.75, 3.05) is 32.2 Å². The predicted molar refractivity (Wildman–Crippen MR) is 76.1 cm³/mol. The molecule has 0 amide bonds. The SMILES string of the molecule is COCCCN(C)c1ccccc1CNC1CC1. The van der Waals surface area contributed by atoms with Crippen molar-refractivity contribution in [2.24, 2.45) is 0 Å². The minimum absolute atomic E-state index is 0.761. The van der Waals surface area contributed by atoms with Crippen LogP contribution in [-0.4, -0.2) is 33.4 Å². The highest BCUT2D eigenvalue weighted by molar-refractivity contribution is 5.53. The van der Waals surface area contributed by atoms with Crippen LogP contribution in [0.2, 0.25) is 0 Å². The minimum atomic E-state index is 0.761. The average Bonchev–Trinajstić information content (AvgIpc) is 3.21.